The highest BCUT2D eigenvalue weighted by molar-refractivity contribution is 9.10. The first-order valence-electron chi connectivity index (χ1n) is 5.23. The highest BCUT2D eigenvalue weighted by Gasteiger charge is 2.23. The van der Waals surface area contributed by atoms with Crippen molar-refractivity contribution in [3.8, 4) is 5.75 Å². The van der Waals surface area contributed by atoms with Crippen LogP contribution in [-0.2, 0) is 0 Å². The van der Waals surface area contributed by atoms with E-state index in [1.54, 1.807) is 0 Å². The molecule has 0 fully saturated rings. The summed E-state index contributed by atoms with van der Waals surface area (Å²) in [5, 5.41) is 9.89. The Kier molecular flexibility index (Phi) is 3.03. The number of hydrogen-bond acceptors (Lipinski definition) is 2. The molecule has 15 heavy (non-hydrogen) atoms. The van der Waals surface area contributed by atoms with Crippen LogP contribution in [0.1, 0.15) is 43.4 Å². The quantitative estimate of drug-likeness (QED) is 0.848. The fourth-order valence-corrected chi connectivity index (χ4v) is 2.40. The lowest BCUT2D eigenvalue weighted by Gasteiger charge is -2.26. The van der Waals surface area contributed by atoms with Crippen molar-refractivity contribution >= 4 is 15.9 Å². The second-order valence-corrected chi connectivity index (χ2v) is 5.14. The van der Waals surface area contributed by atoms with Gasteiger partial charge in [-0.25, -0.2) is 0 Å². The molecule has 0 radical (unpaired) electrons. The van der Waals surface area contributed by atoms with Crippen LogP contribution in [0.25, 0.3) is 0 Å². The summed E-state index contributed by atoms with van der Waals surface area (Å²) in [7, 11) is 0. The van der Waals surface area contributed by atoms with E-state index in [9.17, 15) is 5.11 Å². The first-order chi connectivity index (χ1) is 7.09. The minimum Gasteiger partial charge on any atom is -0.493 e. The van der Waals surface area contributed by atoms with Crippen LogP contribution >= 0.6 is 15.9 Å². The summed E-state index contributed by atoms with van der Waals surface area (Å²) in [6, 6.07) is 4.02. The molecule has 1 aromatic rings. The van der Waals surface area contributed by atoms with E-state index in [1.807, 2.05) is 6.07 Å². The SMILES string of the molecule is CC(C)c1cc(Br)cc2c1OCC[C@H]2O. The van der Waals surface area contributed by atoms with E-state index in [-0.39, 0.29) is 6.10 Å². The minimum atomic E-state index is -0.385. The predicted molar refractivity (Wildman–Crippen MR) is 63.3 cm³/mol. The van der Waals surface area contributed by atoms with Gasteiger partial charge in [0, 0.05) is 16.5 Å². The van der Waals surface area contributed by atoms with E-state index in [1.165, 1.54) is 0 Å². The molecule has 0 aromatic heterocycles. The van der Waals surface area contributed by atoms with Gasteiger partial charge in [0.2, 0.25) is 0 Å². The van der Waals surface area contributed by atoms with Crippen LogP contribution in [0, 0.1) is 0 Å². The zero-order valence-corrected chi connectivity index (χ0v) is 10.5. The van der Waals surface area contributed by atoms with Crippen molar-refractivity contribution in [2.24, 2.45) is 0 Å². The van der Waals surface area contributed by atoms with Gasteiger partial charge in [-0.05, 0) is 23.6 Å². The Balaban J connectivity index is 2.57. The third-order valence-corrected chi connectivity index (χ3v) is 3.19. The highest BCUT2D eigenvalue weighted by atomic mass is 79.9. The van der Waals surface area contributed by atoms with Crippen LogP contribution < -0.4 is 4.74 Å². The maximum Gasteiger partial charge on any atom is 0.128 e. The maximum absolute atomic E-state index is 9.89. The van der Waals surface area contributed by atoms with E-state index in [2.05, 4.69) is 35.8 Å². The van der Waals surface area contributed by atoms with Crippen LogP contribution in [0.3, 0.4) is 0 Å². The summed E-state index contributed by atoms with van der Waals surface area (Å²) in [6.07, 6.45) is 0.296. The average Bonchev–Trinajstić information content (AvgIpc) is 2.18. The van der Waals surface area contributed by atoms with E-state index < -0.39 is 0 Å². The average molecular weight is 271 g/mol. The molecule has 1 N–H and O–H groups in total. The van der Waals surface area contributed by atoms with E-state index >= 15 is 0 Å². The number of rotatable bonds is 1. The van der Waals surface area contributed by atoms with Crippen molar-refractivity contribution in [1.82, 2.24) is 0 Å². The molecular formula is C12H15BrO2. The van der Waals surface area contributed by atoms with Gasteiger partial charge in [-0.1, -0.05) is 29.8 Å². The summed E-state index contributed by atoms with van der Waals surface area (Å²) in [6.45, 7) is 4.87. The summed E-state index contributed by atoms with van der Waals surface area (Å²) >= 11 is 3.47. The Bertz CT molecular complexity index is 357. The van der Waals surface area contributed by atoms with E-state index in [0.29, 0.717) is 18.9 Å². The van der Waals surface area contributed by atoms with Crippen molar-refractivity contribution in [2.45, 2.75) is 32.3 Å². The minimum absolute atomic E-state index is 0.385. The smallest absolute Gasteiger partial charge is 0.128 e. The number of aliphatic hydroxyl groups is 1. The Morgan fingerprint density at radius 2 is 2.20 bits per heavy atom. The van der Waals surface area contributed by atoms with Gasteiger partial charge in [-0.15, -0.1) is 0 Å². The fraction of sp³-hybridized carbons (Fsp3) is 0.500. The maximum atomic E-state index is 9.89. The van der Waals surface area contributed by atoms with E-state index in [4.69, 9.17) is 4.74 Å². The molecule has 0 spiro atoms. The molecule has 0 amide bonds. The second kappa shape index (κ2) is 4.14. The van der Waals surface area contributed by atoms with Crippen LogP contribution in [0.4, 0.5) is 0 Å². The molecule has 1 atom stereocenters. The number of ether oxygens (including phenoxy) is 1. The molecule has 1 aliphatic heterocycles. The number of halogens is 1. The normalized spacial score (nSPS) is 19.9. The molecule has 0 saturated carbocycles. The van der Waals surface area contributed by atoms with E-state index in [0.717, 1.165) is 21.3 Å². The lowest BCUT2D eigenvalue weighted by molar-refractivity contribution is 0.114. The molecule has 1 aromatic carbocycles. The molecule has 1 aliphatic rings. The van der Waals surface area contributed by atoms with Crippen molar-refractivity contribution in [3.05, 3.63) is 27.7 Å². The van der Waals surface area contributed by atoms with Gasteiger partial charge in [0.1, 0.15) is 5.75 Å². The van der Waals surface area contributed by atoms with Crippen molar-refractivity contribution in [3.63, 3.8) is 0 Å². The third kappa shape index (κ3) is 2.04. The number of benzene rings is 1. The van der Waals surface area contributed by atoms with Gasteiger partial charge in [0.15, 0.2) is 0 Å². The second-order valence-electron chi connectivity index (χ2n) is 4.22. The summed E-state index contributed by atoms with van der Waals surface area (Å²) < 4.78 is 6.67. The summed E-state index contributed by atoms with van der Waals surface area (Å²) in [4.78, 5) is 0. The molecule has 0 unspecified atom stereocenters. The Hall–Kier alpha value is -0.540. The number of fused-ring (bicyclic) bond motifs is 1. The topological polar surface area (TPSA) is 29.5 Å². The van der Waals surface area contributed by atoms with Gasteiger partial charge in [-0.3, -0.25) is 0 Å². The highest BCUT2D eigenvalue weighted by Crippen LogP contribution is 2.40. The summed E-state index contributed by atoms with van der Waals surface area (Å²) in [5.74, 6) is 1.29. The van der Waals surface area contributed by atoms with Gasteiger partial charge in [-0.2, -0.15) is 0 Å². The van der Waals surface area contributed by atoms with Gasteiger partial charge in [0.05, 0.1) is 12.7 Å². The summed E-state index contributed by atoms with van der Waals surface area (Å²) in [5.41, 5.74) is 2.08. The number of aliphatic hydroxyl groups excluding tert-OH is 1. The molecule has 3 heteroatoms. The Morgan fingerprint density at radius 1 is 1.47 bits per heavy atom. The standard InChI is InChI=1S/C12H15BrO2/c1-7(2)9-5-8(13)6-10-11(14)3-4-15-12(9)10/h5-7,11,14H,3-4H2,1-2H3/t11-/m1/s1. The molecule has 2 nitrogen and oxygen atoms in total. The van der Waals surface area contributed by atoms with Crippen molar-refractivity contribution < 1.29 is 9.84 Å². The molecule has 1 heterocycles. The Labute approximate surface area is 98.4 Å². The van der Waals surface area contributed by atoms with Crippen molar-refractivity contribution in [2.75, 3.05) is 6.61 Å². The number of hydrogen-bond donors (Lipinski definition) is 1. The molecular weight excluding hydrogens is 256 g/mol. The van der Waals surface area contributed by atoms with Crippen molar-refractivity contribution in [1.29, 1.82) is 0 Å². The molecule has 0 saturated heterocycles. The zero-order chi connectivity index (χ0) is 11.0. The molecule has 0 aliphatic carbocycles. The monoisotopic (exact) mass is 270 g/mol. The molecule has 0 bridgehead atoms. The third-order valence-electron chi connectivity index (χ3n) is 2.73. The lowest BCUT2D eigenvalue weighted by Crippen LogP contribution is -2.15. The van der Waals surface area contributed by atoms with Gasteiger partial charge >= 0.3 is 0 Å². The predicted octanol–water partition coefficient (Wildman–Crippen LogP) is 3.39. The Morgan fingerprint density at radius 3 is 2.87 bits per heavy atom. The zero-order valence-electron chi connectivity index (χ0n) is 8.96. The lowest BCUT2D eigenvalue weighted by atomic mass is 9.94. The molecule has 82 valence electrons. The van der Waals surface area contributed by atoms with Crippen LogP contribution in [0.15, 0.2) is 16.6 Å². The van der Waals surface area contributed by atoms with Crippen LogP contribution in [0.5, 0.6) is 5.75 Å². The van der Waals surface area contributed by atoms with Crippen LogP contribution in [0.2, 0.25) is 0 Å². The fourth-order valence-electron chi connectivity index (χ4n) is 1.91. The van der Waals surface area contributed by atoms with Crippen LogP contribution in [-0.4, -0.2) is 11.7 Å². The first kappa shape index (κ1) is 11.0. The largest absolute Gasteiger partial charge is 0.493 e. The molecule has 2 rings (SSSR count). The van der Waals surface area contributed by atoms with Gasteiger partial charge in [0.25, 0.3) is 0 Å². The first-order valence-corrected chi connectivity index (χ1v) is 6.03. The van der Waals surface area contributed by atoms with Gasteiger partial charge < -0.3 is 9.84 Å².